The lowest BCUT2D eigenvalue weighted by Crippen LogP contribution is -2.06. The van der Waals surface area contributed by atoms with Gasteiger partial charge in [0.15, 0.2) is 0 Å². The number of aromatic nitrogens is 3. The molecule has 0 spiro atoms. The molecule has 0 radical (unpaired) electrons. The number of H-pyrrole nitrogens is 2. The van der Waals surface area contributed by atoms with Crippen LogP contribution < -0.4 is 11.3 Å². The number of aromatic amines is 2. The van der Waals surface area contributed by atoms with E-state index in [-0.39, 0.29) is 12.2 Å². The average molecular weight is 330 g/mol. The van der Waals surface area contributed by atoms with E-state index in [1.807, 2.05) is 32.0 Å². The molecule has 2 heterocycles. The van der Waals surface area contributed by atoms with Gasteiger partial charge in [0.1, 0.15) is 5.52 Å². The maximum Gasteiger partial charge on any atom is 0.275 e. The smallest absolute Gasteiger partial charge is 0.275 e. The van der Waals surface area contributed by atoms with Gasteiger partial charge in [-0.3, -0.25) is 4.79 Å². The summed E-state index contributed by atoms with van der Waals surface area (Å²) in [5, 5.41) is 8.53. The molecule has 0 atom stereocenters. The third-order valence-electron chi connectivity index (χ3n) is 3.23. The standard InChI is InChI=1S/C9H12O.C7H8N4O.C2H6/c10-8-4-7-9-5-2-1-3-6-9;8-1-4-2-9-6-5(4)10-3-11-7(6)12;1-2/h1-3,5-6,10H,4,7-8H2;2-3,9H,1,8H2,(H,10,11,12);1-2H3. The van der Waals surface area contributed by atoms with Crippen molar-refractivity contribution in [3.8, 4) is 0 Å². The minimum Gasteiger partial charge on any atom is -0.396 e. The van der Waals surface area contributed by atoms with Crippen LogP contribution in [0.1, 0.15) is 31.4 Å². The number of rotatable bonds is 4. The molecule has 0 amide bonds. The van der Waals surface area contributed by atoms with Crippen molar-refractivity contribution in [2.45, 2.75) is 33.2 Å². The van der Waals surface area contributed by atoms with E-state index in [9.17, 15) is 4.79 Å². The van der Waals surface area contributed by atoms with E-state index in [2.05, 4.69) is 27.1 Å². The summed E-state index contributed by atoms with van der Waals surface area (Å²) in [5.74, 6) is 0. The Labute approximate surface area is 141 Å². The Balaban J connectivity index is 0.000000221. The van der Waals surface area contributed by atoms with E-state index in [1.165, 1.54) is 11.9 Å². The molecular formula is C18H26N4O2. The average Bonchev–Trinajstić information content (AvgIpc) is 3.08. The largest absolute Gasteiger partial charge is 0.396 e. The first-order chi connectivity index (χ1) is 11.8. The van der Waals surface area contributed by atoms with E-state index in [0.29, 0.717) is 17.6 Å². The molecule has 6 nitrogen and oxygen atoms in total. The molecule has 0 fully saturated rings. The van der Waals surface area contributed by atoms with Gasteiger partial charge in [0, 0.05) is 24.9 Å². The van der Waals surface area contributed by atoms with Gasteiger partial charge in [-0.05, 0) is 18.4 Å². The molecule has 24 heavy (non-hydrogen) atoms. The first-order valence-corrected chi connectivity index (χ1v) is 8.14. The van der Waals surface area contributed by atoms with Crippen LogP contribution in [0.25, 0.3) is 11.0 Å². The van der Waals surface area contributed by atoms with Crippen LogP contribution in [-0.4, -0.2) is 26.7 Å². The van der Waals surface area contributed by atoms with Crippen LogP contribution in [0, 0.1) is 0 Å². The Morgan fingerprint density at radius 3 is 2.50 bits per heavy atom. The van der Waals surface area contributed by atoms with E-state index in [0.717, 1.165) is 18.4 Å². The third-order valence-corrected chi connectivity index (χ3v) is 3.23. The second-order valence-electron chi connectivity index (χ2n) is 4.79. The highest BCUT2D eigenvalue weighted by Crippen LogP contribution is 2.09. The summed E-state index contributed by atoms with van der Waals surface area (Å²) in [6.07, 6.45) is 4.92. The van der Waals surface area contributed by atoms with Crippen LogP contribution in [0.3, 0.4) is 0 Å². The third kappa shape index (κ3) is 5.64. The number of aliphatic hydroxyl groups excluding tert-OH is 1. The highest BCUT2D eigenvalue weighted by Gasteiger charge is 2.04. The molecule has 0 saturated carbocycles. The van der Waals surface area contributed by atoms with Crippen LogP contribution in [0.5, 0.6) is 0 Å². The monoisotopic (exact) mass is 330 g/mol. The Kier molecular flexibility index (Phi) is 9.11. The topological polar surface area (TPSA) is 108 Å². The molecule has 0 unspecified atom stereocenters. The van der Waals surface area contributed by atoms with Gasteiger partial charge >= 0.3 is 0 Å². The van der Waals surface area contributed by atoms with Crippen LogP contribution >= 0.6 is 0 Å². The molecule has 0 aliphatic heterocycles. The molecule has 130 valence electrons. The molecule has 0 aliphatic carbocycles. The molecule has 3 rings (SSSR count). The number of nitrogens with zero attached hydrogens (tertiary/aromatic N) is 1. The molecular weight excluding hydrogens is 304 g/mol. The van der Waals surface area contributed by atoms with Crippen molar-refractivity contribution in [1.82, 2.24) is 15.0 Å². The van der Waals surface area contributed by atoms with E-state index in [4.69, 9.17) is 10.8 Å². The van der Waals surface area contributed by atoms with Crippen molar-refractivity contribution >= 4 is 11.0 Å². The second kappa shape index (κ2) is 11.2. The number of aryl methyl sites for hydroxylation is 1. The minimum absolute atomic E-state index is 0.167. The number of hydrogen-bond donors (Lipinski definition) is 4. The van der Waals surface area contributed by atoms with Crippen LogP contribution in [0.15, 0.2) is 47.7 Å². The summed E-state index contributed by atoms with van der Waals surface area (Å²) >= 11 is 0. The summed E-state index contributed by atoms with van der Waals surface area (Å²) in [6, 6.07) is 10.2. The Bertz CT molecular complexity index is 750. The van der Waals surface area contributed by atoms with Crippen molar-refractivity contribution in [2.75, 3.05) is 6.61 Å². The van der Waals surface area contributed by atoms with Gasteiger partial charge in [-0.1, -0.05) is 44.2 Å². The quantitative estimate of drug-likeness (QED) is 0.589. The van der Waals surface area contributed by atoms with E-state index < -0.39 is 0 Å². The predicted octanol–water partition coefficient (Wildman–Crippen LogP) is 2.35. The maximum atomic E-state index is 11.1. The minimum atomic E-state index is -0.167. The summed E-state index contributed by atoms with van der Waals surface area (Å²) in [6.45, 7) is 4.67. The SMILES string of the molecule is CC.NCc1c[nH]c2c(=O)[nH]cnc12.OCCCc1ccccc1. The predicted molar refractivity (Wildman–Crippen MR) is 97.8 cm³/mol. The Morgan fingerprint density at radius 1 is 1.17 bits per heavy atom. The molecule has 0 aliphatic rings. The van der Waals surface area contributed by atoms with Crippen molar-refractivity contribution < 1.29 is 5.11 Å². The van der Waals surface area contributed by atoms with Crippen molar-refractivity contribution in [2.24, 2.45) is 5.73 Å². The number of fused-ring (bicyclic) bond motifs is 1. The highest BCUT2D eigenvalue weighted by molar-refractivity contribution is 5.77. The lowest BCUT2D eigenvalue weighted by Gasteiger charge is -1.96. The van der Waals surface area contributed by atoms with Crippen molar-refractivity contribution in [3.63, 3.8) is 0 Å². The molecule has 1 aromatic carbocycles. The molecule has 0 bridgehead atoms. The zero-order valence-electron chi connectivity index (χ0n) is 14.2. The Hall–Kier alpha value is -2.44. The van der Waals surface area contributed by atoms with Gasteiger partial charge in [0.2, 0.25) is 0 Å². The fraction of sp³-hybridized carbons (Fsp3) is 0.333. The van der Waals surface area contributed by atoms with Crippen molar-refractivity contribution in [3.05, 3.63) is 64.3 Å². The van der Waals surface area contributed by atoms with Crippen LogP contribution in [0.2, 0.25) is 0 Å². The Morgan fingerprint density at radius 2 is 1.88 bits per heavy atom. The number of nitrogens with two attached hydrogens (primary N) is 1. The molecule has 3 aromatic rings. The summed E-state index contributed by atoms with van der Waals surface area (Å²) in [5.41, 5.74) is 8.57. The lowest BCUT2D eigenvalue weighted by molar-refractivity contribution is 0.288. The first kappa shape index (κ1) is 19.6. The van der Waals surface area contributed by atoms with Crippen LogP contribution in [0.4, 0.5) is 0 Å². The van der Waals surface area contributed by atoms with Gasteiger partial charge < -0.3 is 20.8 Å². The molecule has 2 aromatic heterocycles. The lowest BCUT2D eigenvalue weighted by atomic mass is 10.1. The summed E-state index contributed by atoms with van der Waals surface area (Å²) < 4.78 is 0. The van der Waals surface area contributed by atoms with Crippen molar-refractivity contribution in [1.29, 1.82) is 0 Å². The maximum absolute atomic E-state index is 11.1. The van der Waals surface area contributed by atoms with Gasteiger partial charge in [-0.15, -0.1) is 0 Å². The van der Waals surface area contributed by atoms with Gasteiger partial charge in [0.05, 0.1) is 11.8 Å². The van der Waals surface area contributed by atoms with Gasteiger partial charge in [-0.25, -0.2) is 4.98 Å². The zero-order chi connectivity index (χ0) is 17.8. The fourth-order valence-corrected chi connectivity index (χ4v) is 2.09. The molecule has 5 N–H and O–H groups in total. The van der Waals surface area contributed by atoms with Gasteiger partial charge in [0.25, 0.3) is 5.56 Å². The normalized spacial score (nSPS) is 9.67. The van der Waals surface area contributed by atoms with Gasteiger partial charge in [-0.2, -0.15) is 0 Å². The number of aliphatic hydroxyl groups is 1. The number of hydrogen-bond acceptors (Lipinski definition) is 4. The zero-order valence-corrected chi connectivity index (χ0v) is 14.2. The van der Waals surface area contributed by atoms with Crippen LogP contribution in [-0.2, 0) is 13.0 Å². The van der Waals surface area contributed by atoms with E-state index >= 15 is 0 Å². The highest BCUT2D eigenvalue weighted by atomic mass is 16.2. The fourth-order valence-electron chi connectivity index (χ4n) is 2.09. The first-order valence-electron chi connectivity index (χ1n) is 8.14. The summed E-state index contributed by atoms with van der Waals surface area (Å²) in [7, 11) is 0. The number of benzene rings is 1. The number of nitrogens with one attached hydrogen (secondary N) is 2. The summed E-state index contributed by atoms with van der Waals surface area (Å²) in [4.78, 5) is 20.4. The van der Waals surface area contributed by atoms with E-state index in [1.54, 1.807) is 6.20 Å². The molecule has 6 heteroatoms. The second-order valence-corrected chi connectivity index (χ2v) is 4.79. The molecule has 0 saturated heterocycles.